The first kappa shape index (κ1) is 15.9. The molecular weight excluding hydrogens is 260 g/mol. The quantitative estimate of drug-likeness (QED) is 0.791. The minimum atomic E-state index is -1.07. The zero-order valence-electron chi connectivity index (χ0n) is 12.0. The van der Waals surface area contributed by atoms with Crippen LogP contribution in [0.15, 0.2) is 18.3 Å². The average Bonchev–Trinajstić information content (AvgIpc) is 2.42. The molecule has 2 N–H and O–H groups in total. The lowest BCUT2D eigenvalue weighted by Crippen LogP contribution is -2.40. The average molecular weight is 280 g/mol. The number of rotatable bonds is 6. The van der Waals surface area contributed by atoms with Crippen molar-refractivity contribution in [1.82, 2.24) is 20.1 Å². The molecule has 0 aliphatic heterocycles. The van der Waals surface area contributed by atoms with Gasteiger partial charge >= 0.3 is 12.0 Å². The Morgan fingerprint density at radius 3 is 2.45 bits per heavy atom. The highest BCUT2D eigenvalue weighted by molar-refractivity contribution is 5.85. The zero-order chi connectivity index (χ0) is 15.1. The van der Waals surface area contributed by atoms with Crippen LogP contribution in [0, 0.1) is 0 Å². The van der Waals surface area contributed by atoms with Gasteiger partial charge < -0.3 is 20.2 Å². The molecule has 0 radical (unpaired) electrons. The van der Waals surface area contributed by atoms with Crippen LogP contribution in [0.3, 0.4) is 0 Å². The van der Waals surface area contributed by atoms with E-state index >= 15 is 0 Å². The molecule has 20 heavy (non-hydrogen) atoms. The maximum atomic E-state index is 11.8. The number of carboxylic acid groups (broad SMARTS) is 1. The number of likely N-dealkylation sites (N-methyl/N-ethyl adjacent to an activating group) is 2. The van der Waals surface area contributed by atoms with Crippen LogP contribution in [0.2, 0.25) is 0 Å². The van der Waals surface area contributed by atoms with Crippen LogP contribution in [-0.2, 0) is 6.54 Å². The molecular formula is C13H20N4O3. The highest BCUT2D eigenvalue weighted by Gasteiger charge is 2.08. The first-order valence-corrected chi connectivity index (χ1v) is 6.22. The molecule has 0 bridgehead atoms. The van der Waals surface area contributed by atoms with Crippen LogP contribution < -0.4 is 5.32 Å². The molecule has 0 aromatic carbocycles. The van der Waals surface area contributed by atoms with Gasteiger partial charge in [0.25, 0.3) is 0 Å². The minimum Gasteiger partial charge on any atom is -0.477 e. The first-order chi connectivity index (χ1) is 9.40. The van der Waals surface area contributed by atoms with Gasteiger partial charge in [-0.15, -0.1) is 0 Å². The summed E-state index contributed by atoms with van der Waals surface area (Å²) in [6, 6.07) is 2.88. The fraction of sp³-hybridized carbons (Fsp3) is 0.462. The van der Waals surface area contributed by atoms with E-state index in [0.717, 1.165) is 12.1 Å². The van der Waals surface area contributed by atoms with Crippen LogP contribution in [-0.4, -0.2) is 66.1 Å². The normalized spacial score (nSPS) is 10.4. The van der Waals surface area contributed by atoms with E-state index in [1.165, 1.54) is 12.3 Å². The molecule has 110 valence electrons. The van der Waals surface area contributed by atoms with Crippen molar-refractivity contribution in [3.05, 3.63) is 29.6 Å². The molecule has 1 rings (SSSR count). The highest BCUT2D eigenvalue weighted by Crippen LogP contribution is 2.00. The van der Waals surface area contributed by atoms with E-state index in [2.05, 4.69) is 10.3 Å². The van der Waals surface area contributed by atoms with Gasteiger partial charge in [0.05, 0.1) is 0 Å². The van der Waals surface area contributed by atoms with Crippen LogP contribution >= 0.6 is 0 Å². The van der Waals surface area contributed by atoms with Gasteiger partial charge in [0.15, 0.2) is 0 Å². The number of carboxylic acids is 1. The van der Waals surface area contributed by atoms with Crippen LogP contribution in [0.1, 0.15) is 16.1 Å². The van der Waals surface area contributed by atoms with Crippen molar-refractivity contribution in [1.29, 1.82) is 0 Å². The molecule has 2 amide bonds. The maximum Gasteiger partial charge on any atom is 0.354 e. The second-order valence-corrected chi connectivity index (χ2v) is 4.74. The molecule has 0 fully saturated rings. The predicted octanol–water partition coefficient (Wildman–Crippen LogP) is 0.483. The van der Waals surface area contributed by atoms with Gasteiger partial charge in [-0.1, -0.05) is 6.07 Å². The Bertz CT molecular complexity index is 459. The zero-order valence-corrected chi connectivity index (χ0v) is 12.0. The molecule has 1 aromatic rings. The summed E-state index contributed by atoms with van der Waals surface area (Å²) in [4.78, 5) is 29.8. The molecule has 0 spiro atoms. The third kappa shape index (κ3) is 5.23. The SMILES string of the molecule is CN(C)CCN(C)C(=O)NCc1ccc(C(=O)O)nc1. The van der Waals surface area contributed by atoms with Gasteiger partial charge in [0.1, 0.15) is 5.69 Å². The number of hydrogen-bond donors (Lipinski definition) is 2. The number of carbonyl (C=O) groups excluding carboxylic acids is 1. The second-order valence-electron chi connectivity index (χ2n) is 4.74. The van der Waals surface area contributed by atoms with Crippen LogP contribution in [0.4, 0.5) is 4.79 Å². The number of amides is 2. The fourth-order valence-electron chi connectivity index (χ4n) is 1.42. The van der Waals surface area contributed by atoms with E-state index in [1.807, 2.05) is 19.0 Å². The Balaban J connectivity index is 2.42. The van der Waals surface area contributed by atoms with Crippen molar-refractivity contribution < 1.29 is 14.7 Å². The van der Waals surface area contributed by atoms with E-state index in [0.29, 0.717) is 13.1 Å². The van der Waals surface area contributed by atoms with Gasteiger partial charge in [-0.3, -0.25) is 0 Å². The molecule has 7 heteroatoms. The Morgan fingerprint density at radius 1 is 1.25 bits per heavy atom. The summed E-state index contributed by atoms with van der Waals surface area (Å²) in [7, 11) is 5.62. The molecule has 0 unspecified atom stereocenters. The summed E-state index contributed by atoms with van der Waals surface area (Å²) >= 11 is 0. The third-order valence-electron chi connectivity index (χ3n) is 2.72. The summed E-state index contributed by atoms with van der Waals surface area (Å²) in [6.45, 7) is 1.74. The lowest BCUT2D eigenvalue weighted by atomic mass is 10.2. The van der Waals surface area contributed by atoms with Gasteiger partial charge in [-0.25, -0.2) is 14.6 Å². The van der Waals surface area contributed by atoms with E-state index in [-0.39, 0.29) is 11.7 Å². The fourth-order valence-corrected chi connectivity index (χ4v) is 1.42. The Kier molecular flexibility index (Phi) is 5.92. The van der Waals surface area contributed by atoms with Gasteiger partial charge in [0.2, 0.25) is 0 Å². The number of pyridine rings is 1. The van der Waals surface area contributed by atoms with Crippen LogP contribution in [0.25, 0.3) is 0 Å². The molecule has 0 saturated heterocycles. The van der Waals surface area contributed by atoms with Gasteiger partial charge in [0, 0.05) is 32.9 Å². The van der Waals surface area contributed by atoms with Crippen molar-refractivity contribution in [2.75, 3.05) is 34.2 Å². The molecule has 0 aliphatic rings. The van der Waals surface area contributed by atoms with Crippen molar-refractivity contribution >= 4 is 12.0 Å². The molecule has 1 heterocycles. The topological polar surface area (TPSA) is 85.8 Å². The highest BCUT2D eigenvalue weighted by atomic mass is 16.4. The maximum absolute atomic E-state index is 11.8. The van der Waals surface area contributed by atoms with E-state index in [1.54, 1.807) is 18.0 Å². The molecule has 0 aliphatic carbocycles. The summed E-state index contributed by atoms with van der Waals surface area (Å²) in [5.41, 5.74) is 0.743. The number of nitrogens with zero attached hydrogens (tertiary/aromatic N) is 3. The number of aromatic nitrogens is 1. The minimum absolute atomic E-state index is 0.0109. The number of urea groups is 1. The standard InChI is InChI=1S/C13H20N4O3/c1-16(2)6-7-17(3)13(20)15-9-10-4-5-11(12(18)19)14-8-10/h4-5,8H,6-7,9H2,1-3H3,(H,15,20)(H,18,19). The Labute approximate surface area is 118 Å². The van der Waals surface area contributed by atoms with Gasteiger partial charge in [-0.2, -0.15) is 0 Å². The Morgan fingerprint density at radius 2 is 1.95 bits per heavy atom. The molecule has 7 nitrogen and oxygen atoms in total. The molecule has 1 aromatic heterocycles. The summed E-state index contributed by atoms with van der Waals surface area (Å²) in [5, 5.41) is 11.5. The first-order valence-electron chi connectivity index (χ1n) is 6.22. The number of carbonyl (C=O) groups is 2. The number of nitrogens with one attached hydrogen (secondary N) is 1. The lowest BCUT2D eigenvalue weighted by molar-refractivity contribution is 0.0690. The summed E-state index contributed by atoms with van der Waals surface area (Å²) < 4.78 is 0. The van der Waals surface area contributed by atoms with Gasteiger partial charge in [-0.05, 0) is 25.7 Å². The number of aromatic carboxylic acids is 1. The predicted molar refractivity (Wildman–Crippen MR) is 74.6 cm³/mol. The monoisotopic (exact) mass is 280 g/mol. The molecule has 0 saturated carbocycles. The van der Waals surface area contributed by atoms with Crippen molar-refractivity contribution in [3.8, 4) is 0 Å². The Hall–Kier alpha value is -2.15. The van der Waals surface area contributed by atoms with Crippen LogP contribution in [0.5, 0.6) is 0 Å². The largest absolute Gasteiger partial charge is 0.477 e. The van der Waals surface area contributed by atoms with Crippen molar-refractivity contribution in [3.63, 3.8) is 0 Å². The summed E-state index contributed by atoms with van der Waals surface area (Å²) in [5.74, 6) is -1.07. The van der Waals surface area contributed by atoms with E-state index in [4.69, 9.17) is 5.11 Å². The lowest BCUT2D eigenvalue weighted by Gasteiger charge is -2.20. The number of hydrogen-bond acceptors (Lipinski definition) is 4. The second kappa shape index (κ2) is 7.44. The molecule has 0 atom stereocenters. The summed E-state index contributed by atoms with van der Waals surface area (Å²) in [6.07, 6.45) is 1.45. The van der Waals surface area contributed by atoms with E-state index < -0.39 is 5.97 Å². The smallest absolute Gasteiger partial charge is 0.354 e. The third-order valence-corrected chi connectivity index (χ3v) is 2.72. The van der Waals surface area contributed by atoms with E-state index in [9.17, 15) is 9.59 Å². The van der Waals surface area contributed by atoms with Crippen molar-refractivity contribution in [2.24, 2.45) is 0 Å². The van der Waals surface area contributed by atoms with Crippen molar-refractivity contribution in [2.45, 2.75) is 6.54 Å².